The van der Waals surface area contributed by atoms with Gasteiger partial charge in [-0.15, -0.1) is 0 Å². The number of thioether (sulfide) groups is 1. The van der Waals surface area contributed by atoms with Crippen LogP contribution in [0, 0.1) is 6.92 Å². The Hall–Kier alpha value is -2.07. The molecule has 0 saturated heterocycles. The fraction of sp³-hybridized carbons (Fsp3) is 0.125. The maximum absolute atomic E-state index is 12.0. The largest absolute Gasteiger partial charge is 0.431 e. The van der Waals surface area contributed by atoms with Gasteiger partial charge in [0.15, 0.2) is 11.4 Å². The third kappa shape index (κ3) is 2.75. The van der Waals surface area contributed by atoms with Crippen LogP contribution in [0.15, 0.2) is 58.2 Å². The van der Waals surface area contributed by atoms with E-state index in [1.807, 2.05) is 55.5 Å². The first kappa shape index (κ1) is 12.9. The Morgan fingerprint density at radius 3 is 2.80 bits per heavy atom. The summed E-state index contributed by atoms with van der Waals surface area (Å²) in [5.74, 6) is 0.407. The van der Waals surface area contributed by atoms with Gasteiger partial charge in [0.05, 0.1) is 5.75 Å². The van der Waals surface area contributed by atoms with Crippen molar-refractivity contribution in [1.82, 2.24) is 4.98 Å². The lowest BCUT2D eigenvalue weighted by Crippen LogP contribution is -2.01. The maximum Gasteiger partial charge on any atom is 0.257 e. The number of Topliss-reactive ketones (excluding diaryl/α,β-unsaturated/α-hetero) is 1. The summed E-state index contributed by atoms with van der Waals surface area (Å²) in [6.45, 7) is 2.01. The number of ketones is 1. The topological polar surface area (TPSA) is 43.1 Å². The fourth-order valence-corrected chi connectivity index (χ4v) is 2.65. The van der Waals surface area contributed by atoms with Gasteiger partial charge in [-0.3, -0.25) is 4.79 Å². The number of fused-ring (bicyclic) bond motifs is 1. The van der Waals surface area contributed by atoms with Gasteiger partial charge in [-0.2, -0.15) is 0 Å². The molecule has 0 spiro atoms. The molecule has 3 aromatic rings. The summed E-state index contributed by atoms with van der Waals surface area (Å²) in [4.78, 5) is 16.4. The van der Waals surface area contributed by atoms with E-state index >= 15 is 0 Å². The molecule has 0 saturated carbocycles. The highest BCUT2D eigenvalue weighted by Gasteiger charge is 2.10. The summed E-state index contributed by atoms with van der Waals surface area (Å²) >= 11 is 1.33. The van der Waals surface area contributed by atoms with Gasteiger partial charge in [-0.05, 0) is 24.6 Å². The number of hydrogen-bond donors (Lipinski definition) is 0. The number of oxazole rings is 1. The van der Waals surface area contributed by atoms with E-state index in [1.165, 1.54) is 11.8 Å². The molecule has 0 bridgehead atoms. The van der Waals surface area contributed by atoms with Crippen molar-refractivity contribution in [2.24, 2.45) is 0 Å². The summed E-state index contributed by atoms with van der Waals surface area (Å²) < 4.78 is 5.61. The van der Waals surface area contributed by atoms with Crippen LogP contribution in [0.25, 0.3) is 11.1 Å². The van der Waals surface area contributed by atoms with Gasteiger partial charge in [-0.1, -0.05) is 48.2 Å². The van der Waals surface area contributed by atoms with Gasteiger partial charge in [0.1, 0.15) is 5.52 Å². The molecule has 0 radical (unpaired) electrons. The van der Waals surface area contributed by atoms with Crippen LogP contribution in [0.2, 0.25) is 0 Å². The molecular formula is C16H13NO2S. The summed E-state index contributed by atoms with van der Waals surface area (Å²) in [7, 11) is 0. The Labute approximate surface area is 121 Å². The molecule has 0 aliphatic carbocycles. The zero-order valence-corrected chi connectivity index (χ0v) is 11.8. The van der Waals surface area contributed by atoms with Crippen molar-refractivity contribution in [1.29, 1.82) is 0 Å². The zero-order valence-electron chi connectivity index (χ0n) is 11.0. The normalized spacial score (nSPS) is 10.8. The number of carbonyl (C=O) groups is 1. The molecule has 0 aliphatic heterocycles. The molecule has 0 fully saturated rings. The van der Waals surface area contributed by atoms with Crippen molar-refractivity contribution in [3.8, 4) is 0 Å². The second-order valence-electron chi connectivity index (χ2n) is 4.53. The van der Waals surface area contributed by atoms with Crippen molar-refractivity contribution in [3.05, 3.63) is 59.7 Å². The Kier molecular flexibility index (Phi) is 3.56. The zero-order chi connectivity index (χ0) is 13.9. The Balaban J connectivity index is 1.72. The van der Waals surface area contributed by atoms with Crippen LogP contribution in [-0.4, -0.2) is 16.5 Å². The molecule has 20 heavy (non-hydrogen) atoms. The highest BCUT2D eigenvalue weighted by atomic mass is 32.2. The average Bonchev–Trinajstić information content (AvgIpc) is 2.87. The molecule has 4 heteroatoms. The Morgan fingerprint density at radius 2 is 2.00 bits per heavy atom. The predicted molar refractivity (Wildman–Crippen MR) is 80.2 cm³/mol. The van der Waals surface area contributed by atoms with E-state index in [0.29, 0.717) is 16.5 Å². The number of rotatable bonds is 4. The number of aryl methyl sites for hydroxylation is 1. The number of nitrogens with zero attached hydrogens (tertiary/aromatic N) is 1. The fourth-order valence-electron chi connectivity index (χ4n) is 1.91. The van der Waals surface area contributed by atoms with Crippen molar-refractivity contribution in [3.63, 3.8) is 0 Å². The second kappa shape index (κ2) is 5.51. The molecule has 3 nitrogen and oxygen atoms in total. The quantitative estimate of drug-likeness (QED) is 0.534. The maximum atomic E-state index is 12.0. The van der Waals surface area contributed by atoms with Crippen LogP contribution in [-0.2, 0) is 0 Å². The molecule has 1 heterocycles. The van der Waals surface area contributed by atoms with Crippen LogP contribution >= 0.6 is 11.8 Å². The first-order chi connectivity index (χ1) is 9.72. The number of hydrogen-bond acceptors (Lipinski definition) is 4. The van der Waals surface area contributed by atoms with E-state index in [1.54, 1.807) is 0 Å². The predicted octanol–water partition coefficient (Wildman–Crippen LogP) is 4.11. The van der Waals surface area contributed by atoms with Gasteiger partial charge in [0.25, 0.3) is 5.22 Å². The molecular weight excluding hydrogens is 270 g/mol. The van der Waals surface area contributed by atoms with E-state index in [0.717, 1.165) is 16.7 Å². The minimum Gasteiger partial charge on any atom is -0.431 e. The minimum atomic E-state index is 0.0778. The van der Waals surface area contributed by atoms with E-state index in [2.05, 4.69) is 4.98 Å². The standard InChI is InChI=1S/C16H13NO2S/c1-11-7-8-15-13(9-11)17-16(19-15)20-10-14(18)12-5-3-2-4-6-12/h2-9H,10H2,1H3. The highest BCUT2D eigenvalue weighted by Crippen LogP contribution is 2.24. The second-order valence-corrected chi connectivity index (χ2v) is 5.46. The lowest BCUT2D eigenvalue weighted by molar-refractivity contribution is 0.102. The van der Waals surface area contributed by atoms with E-state index in [9.17, 15) is 4.79 Å². The molecule has 100 valence electrons. The molecule has 1 aromatic heterocycles. The summed E-state index contributed by atoms with van der Waals surface area (Å²) in [6.07, 6.45) is 0. The lowest BCUT2D eigenvalue weighted by atomic mass is 10.2. The summed E-state index contributed by atoms with van der Waals surface area (Å²) in [5.41, 5.74) is 3.44. The highest BCUT2D eigenvalue weighted by molar-refractivity contribution is 7.99. The lowest BCUT2D eigenvalue weighted by Gasteiger charge is -1.97. The summed E-state index contributed by atoms with van der Waals surface area (Å²) in [6, 6.07) is 15.1. The van der Waals surface area contributed by atoms with Gasteiger partial charge >= 0.3 is 0 Å². The van der Waals surface area contributed by atoms with Gasteiger partial charge < -0.3 is 4.42 Å². The average molecular weight is 283 g/mol. The van der Waals surface area contributed by atoms with Crippen molar-refractivity contribution in [2.75, 3.05) is 5.75 Å². The Morgan fingerprint density at radius 1 is 1.20 bits per heavy atom. The SMILES string of the molecule is Cc1ccc2oc(SCC(=O)c3ccccc3)nc2c1. The number of benzene rings is 2. The molecule has 0 aliphatic rings. The number of aromatic nitrogens is 1. The third-order valence-corrected chi connectivity index (χ3v) is 3.77. The van der Waals surface area contributed by atoms with Gasteiger partial charge in [0.2, 0.25) is 0 Å². The minimum absolute atomic E-state index is 0.0778. The van der Waals surface area contributed by atoms with Crippen LogP contribution in [0.4, 0.5) is 0 Å². The molecule has 2 aromatic carbocycles. The first-order valence-electron chi connectivity index (χ1n) is 6.30. The molecule has 0 unspecified atom stereocenters. The summed E-state index contributed by atoms with van der Waals surface area (Å²) in [5, 5.41) is 0.537. The van der Waals surface area contributed by atoms with Gasteiger partial charge in [0, 0.05) is 5.56 Å². The van der Waals surface area contributed by atoms with Crippen molar-refractivity contribution >= 4 is 28.6 Å². The molecule has 0 N–H and O–H groups in total. The van der Waals surface area contributed by atoms with E-state index in [-0.39, 0.29) is 5.78 Å². The van der Waals surface area contributed by atoms with Gasteiger partial charge in [-0.25, -0.2) is 4.98 Å². The smallest absolute Gasteiger partial charge is 0.257 e. The van der Waals surface area contributed by atoms with Crippen LogP contribution in [0.5, 0.6) is 0 Å². The van der Waals surface area contributed by atoms with Crippen LogP contribution in [0.1, 0.15) is 15.9 Å². The Bertz CT molecular complexity index is 750. The number of carbonyl (C=O) groups excluding carboxylic acids is 1. The monoisotopic (exact) mass is 283 g/mol. The molecule has 0 atom stereocenters. The molecule has 0 amide bonds. The van der Waals surface area contributed by atoms with Crippen molar-refractivity contribution < 1.29 is 9.21 Å². The van der Waals surface area contributed by atoms with E-state index < -0.39 is 0 Å². The first-order valence-corrected chi connectivity index (χ1v) is 7.29. The van der Waals surface area contributed by atoms with Crippen molar-refractivity contribution in [2.45, 2.75) is 12.1 Å². The third-order valence-electron chi connectivity index (χ3n) is 2.95. The molecule has 3 rings (SSSR count). The van der Waals surface area contributed by atoms with Crippen LogP contribution in [0.3, 0.4) is 0 Å². The van der Waals surface area contributed by atoms with E-state index in [4.69, 9.17) is 4.42 Å². The van der Waals surface area contributed by atoms with Crippen LogP contribution < -0.4 is 0 Å².